The Balaban J connectivity index is 1.58. The van der Waals surface area contributed by atoms with Crippen molar-refractivity contribution in [1.82, 2.24) is 0 Å². The van der Waals surface area contributed by atoms with Crippen LogP contribution in [0.3, 0.4) is 0 Å². The molecule has 2 aromatic rings. The number of rotatable bonds is 4. The molecule has 2 atom stereocenters. The predicted octanol–water partition coefficient (Wildman–Crippen LogP) is 3.70. The van der Waals surface area contributed by atoms with E-state index in [1.807, 2.05) is 0 Å². The van der Waals surface area contributed by atoms with Gasteiger partial charge in [-0.25, -0.2) is 4.79 Å². The average Bonchev–Trinajstić information content (AvgIpc) is 2.60. The summed E-state index contributed by atoms with van der Waals surface area (Å²) in [7, 11) is 0. The Hall–Kier alpha value is -2.44. The highest BCUT2D eigenvalue weighted by molar-refractivity contribution is 6.35. The SMILES string of the molecule is C[C@H](OC(=O)[C@@H]1COc2ccccc2O1)C(=O)Nc1cc(Cl)cc(Cl)c1. The molecular formula is C18H15Cl2NO5. The van der Waals surface area contributed by atoms with Gasteiger partial charge in [-0.05, 0) is 37.3 Å². The lowest BCUT2D eigenvalue weighted by atomic mass is 10.2. The van der Waals surface area contributed by atoms with Crippen molar-refractivity contribution in [3.8, 4) is 11.5 Å². The van der Waals surface area contributed by atoms with Gasteiger partial charge < -0.3 is 19.5 Å². The number of fused-ring (bicyclic) bond motifs is 1. The lowest BCUT2D eigenvalue weighted by Gasteiger charge is -2.25. The molecule has 136 valence electrons. The van der Waals surface area contributed by atoms with E-state index in [1.165, 1.54) is 19.1 Å². The smallest absolute Gasteiger partial charge is 0.351 e. The Kier molecular flexibility index (Phi) is 5.54. The largest absolute Gasteiger partial charge is 0.485 e. The number of para-hydroxylation sites is 2. The van der Waals surface area contributed by atoms with Crippen LogP contribution in [-0.4, -0.2) is 30.7 Å². The molecule has 1 amide bonds. The highest BCUT2D eigenvalue weighted by atomic mass is 35.5. The molecule has 0 unspecified atom stereocenters. The molecule has 0 aromatic heterocycles. The van der Waals surface area contributed by atoms with Gasteiger partial charge in [-0.3, -0.25) is 4.79 Å². The maximum atomic E-state index is 12.2. The summed E-state index contributed by atoms with van der Waals surface area (Å²) in [5.41, 5.74) is 0.404. The fourth-order valence-corrected chi connectivity index (χ4v) is 2.84. The molecule has 2 aromatic carbocycles. The molecule has 1 N–H and O–H groups in total. The molecule has 0 spiro atoms. The molecule has 0 saturated heterocycles. The standard InChI is InChI=1S/C18H15Cl2NO5/c1-10(17(22)21-13-7-11(19)6-12(20)8-13)25-18(23)16-9-24-14-4-2-3-5-15(14)26-16/h2-8,10,16H,9H2,1H3,(H,21,22)/t10-,16-/m0/s1. The van der Waals surface area contributed by atoms with Crippen molar-refractivity contribution < 1.29 is 23.8 Å². The zero-order chi connectivity index (χ0) is 18.7. The number of amides is 1. The van der Waals surface area contributed by atoms with Crippen LogP contribution in [0.5, 0.6) is 11.5 Å². The fraction of sp³-hybridized carbons (Fsp3) is 0.222. The second-order valence-electron chi connectivity index (χ2n) is 5.59. The van der Waals surface area contributed by atoms with Gasteiger partial charge in [0, 0.05) is 15.7 Å². The van der Waals surface area contributed by atoms with Gasteiger partial charge in [0.1, 0.15) is 6.61 Å². The minimum Gasteiger partial charge on any atom is -0.485 e. The van der Waals surface area contributed by atoms with E-state index >= 15 is 0 Å². The van der Waals surface area contributed by atoms with E-state index in [9.17, 15) is 9.59 Å². The quantitative estimate of drug-likeness (QED) is 0.798. The van der Waals surface area contributed by atoms with Gasteiger partial charge in [0.15, 0.2) is 17.6 Å². The Morgan fingerprint density at radius 2 is 1.81 bits per heavy atom. The normalized spacial score (nSPS) is 16.5. The maximum Gasteiger partial charge on any atom is 0.351 e. The fourth-order valence-electron chi connectivity index (χ4n) is 2.31. The van der Waals surface area contributed by atoms with Crippen LogP contribution in [0.15, 0.2) is 42.5 Å². The number of anilines is 1. The van der Waals surface area contributed by atoms with Crippen LogP contribution in [0.2, 0.25) is 10.0 Å². The lowest BCUT2D eigenvalue weighted by molar-refractivity contribution is -0.162. The van der Waals surface area contributed by atoms with Crippen LogP contribution in [-0.2, 0) is 14.3 Å². The Bertz CT molecular complexity index is 822. The molecule has 1 aliphatic rings. The first-order valence-electron chi connectivity index (χ1n) is 7.78. The summed E-state index contributed by atoms with van der Waals surface area (Å²) in [6, 6.07) is 11.6. The van der Waals surface area contributed by atoms with E-state index in [-0.39, 0.29) is 6.61 Å². The monoisotopic (exact) mass is 395 g/mol. The Morgan fingerprint density at radius 1 is 1.15 bits per heavy atom. The number of halogens is 2. The molecule has 1 heterocycles. The first-order valence-corrected chi connectivity index (χ1v) is 8.54. The van der Waals surface area contributed by atoms with E-state index in [2.05, 4.69) is 5.32 Å². The molecular weight excluding hydrogens is 381 g/mol. The molecule has 0 radical (unpaired) electrons. The molecule has 0 bridgehead atoms. The van der Waals surface area contributed by atoms with Crippen molar-refractivity contribution in [2.45, 2.75) is 19.1 Å². The zero-order valence-electron chi connectivity index (χ0n) is 13.7. The molecule has 3 rings (SSSR count). The first kappa shape index (κ1) is 18.4. The number of hydrogen-bond donors (Lipinski definition) is 1. The second kappa shape index (κ2) is 7.85. The van der Waals surface area contributed by atoms with E-state index in [1.54, 1.807) is 30.3 Å². The molecule has 1 aliphatic heterocycles. The van der Waals surface area contributed by atoms with Gasteiger partial charge in [0.05, 0.1) is 0 Å². The van der Waals surface area contributed by atoms with E-state index < -0.39 is 24.1 Å². The summed E-state index contributed by atoms with van der Waals surface area (Å²) in [5.74, 6) is -0.202. The molecule has 0 aliphatic carbocycles. The zero-order valence-corrected chi connectivity index (χ0v) is 15.2. The number of carbonyl (C=O) groups is 2. The summed E-state index contributed by atoms with van der Waals surface area (Å²) < 4.78 is 16.2. The molecule has 6 nitrogen and oxygen atoms in total. The molecule has 8 heteroatoms. The van der Waals surface area contributed by atoms with Gasteiger partial charge in [0.25, 0.3) is 5.91 Å². The van der Waals surface area contributed by atoms with Gasteiger partial charge in [-0.15, -0.1) is 0 Å². The number of esters is 1. The van der Waals surface area contributed by atoms with Gasteiger partial charge >= 0.3 is 5.97 Å². The lowest BCUT2D eigenvalue weighted by Crippen LogP contribution is -2.41. The number of hydrogen-bond acceptors (Lipinski definition) is 5. The highest BCUT2D eigenvalue weighted by Crippen LogP contribution is 2.31. The Labute approximate surface area is 159 Å². The van der Waals surface area contributed by atoms with Crippen molar-refractivity contribution in [1.29, 1.82) is 0 Å². The number of nitrogens with one attached hydrogen (secondary N) is 1. The van der Waals surface area contributed by atoms with Crippen molar-refractivity contribution in [2.24, 2.45) is 0 Å². The number of ether oxygens (including phenoxy) is 3. The Morgan fingerprint density at radius 3 is 2.50 bits per heavy atom. The predicted molar refractivity (Wildman–Crippen MR) is 97.0 cm³/mol. The minimum atomic E-state index is -1.04. The number of benzene rings is 2. The van der Waals surface area contributed by atoms with Crippen LogP contribution < -0.4 is 14.8 Å². The molecule has 0 fully saturated rings. The van der Waals surface area contributed by atoms with Gasteiger partial charge in [0.2, 0.25) is 6.10 Å². The third-order valence-corrected chi connectivity index (χ3v) is 4.00. The van der Waals surface area contributed by atoms with Gasteiger partial charge in [-0.2, -0.15) is 0 Å². The number of carbonyl (C=O) groups excluding carboxylic acids is 2. The summed E-state index contributed by atoms with van der Waals surface area (Å²) in [6.45, 7) is 1.46. The van der Waals surface area contributed by atoms with Crippen molar-refractivity contribution >= 4 is 40.8 Å². The maximum absolute atomic E-state index is 12.2. The third kappa shape index (κ3) is 4.39. The summed E-state index contributed by atoms with van der Waals surface area (Å²) in [4.78, 5) is 24.4. The first-order chi connectivity index (χ1) is 12.4. The van der Waals surface area contributed by atoms with Crippen molar-refractivity contribution in [3.63, 3.8) is 0 Å². The van der Waals surface area contributed by atoms with Crippen LogP contribution in [0.25, 0.3) is 0 Å². The second-order valence-corrected chi connectivity index (χ2v) is 6.46. The summed E-state index contributed by atoms with van der Waals surface area (Å²) in [5, 5.41) is 3.35. The van der Waals surface area contributed by atoms with Crippen LogP contribution in [0, 0.1) is 0 Å². The van der Waals surface area contributed by atoms with E-state index in [0.717, 1.165) is 0 Å². The minimum absolute atomic E-state index is 0.00802. The van der Waals surface area contributed by atoms with Crippen LogP contribution in [0.1, 0.15) is 6.92 Å². The van der Waals surface area contributed by atoms with E-state index in [0.29, 0.717) is 27.2 Å². The third-order valence-electron chi connectivity index (χ3n) is 3.56. The average molecular weight is 396 g/mol. The van der Waals surface area contributed by atoms with Crippen LogP contribution >= 0.6 is 23.2 Å². The van der Waals surface area contributed by atoms with Gasteiger partial charge in [-0.1, -0.05) is 35.3 Å². The van der Waals surface area contributed by atoms with Crippen LogP contribution in [0.4, 0.5) is 5.69 Å². The molecule has 26 heavy (non-hydrogen) atoms. The topological polar surface area (TPSA) is 73.9 Å². The summed E-state index contributed by atoms with van der Waals surface area (Å²) in [6.07, 6.45) is -1.98. The van der Waals surface area contributed by atoms with Crippen molar-refractivity contribution in [3.05, 3.63) is 52.5 Å². The molecule has 0 saturated carbocycles. The highest BCUT2D eigenvalue weighted by Gasteiger charge is 2.31. The van der Waals surface area contributed by atoms with E-state index in [4.69, 9.17) is 37.4 Å². The summed E-state index contributed by atoms with van der Waals surface area (Å²) >= 11 is 11.8. The van der Waals surface area contributed by atoms with Crippen molar-refractivity contribution in [2.75, 3.05) is 11.9 Å².